The van der Waals surface area contributed by atoms with Gasteiger partial charge in [-0.1, -0.05) is 12.0 Å². The van der Waals surface area contributed by atoms with Crippen LogP contribution < -0.4 is 0 Å². The third-order valence-electron chi connectivity index (χ3n) is 1.06. The zero-order valence-corrected chi connectivity index (χ0v) is 7.37. The molecule has 0 aromatic carbocycles. The lowest BCUT2D eigenvalue weighted by atomic mass is 10.3. The third-order valence-corrected chi connectivity index (χ3v) is 1.84. The molecule has 1 aromatic heterocycles. The van der Waals surface area contributed by atoms with Crippen LogP contribution in [0.25, 0.3) is 0 Å². The Bertz CT molecular complexity index is 379. The minimum atomic E-state index is -0.328. The van der Waals surface area contributed by atoms with Gasteiger partial charge in [-0.2, -0.15) is 0 Å². The largest absolute Gasteiger partial charge is 0.279 e. The van der Waals surface area contributed by atoms with Crippen molar-refractivity contribution in [3.63, 3.8) is 0 Å². The Labute approximate surface area is 75.4 Å². The van der Waals surface area contributed by atoms with Gasteiger partial charge in [0.05, 0.1) is 4.88 Å². The van der Waals surface area contributed by atoms with Gasteiger partial charge in [0.25, 0.3) is 5.78 Å². The first-order chi connectivity index (χ1) is 5.83. The van der Waals surface area contributed by atoms with Crippen LogP contribution in [0.3, 0.4) is 0 Å². The number of thiophene rings is 1. The minimum Gasteiger partial charge on any atom is -0.270 e. The van der Waals surface area contributed by atoms with Crippen molar-refractivity contribution in [1.82, 2.24) is 0 Å². The Morgan fingerprint density at radius 2 is 2.33 bits per heavy atom. The SMILES string of the molecule is CC#CC(=O)C#Cc1cccs1. The number of carbonyl (C=O) groups excluding carboxylic acids is 1. The van der Waals surface area contributed by atoms with Crippen LogP contribution in [0.5, 0.6) is 0 Å². The molecule has 0 aliphatic heterocycles. The normalized spacial score (nSPS) is 7.42. The summed E-state index contributed by atoms with van der Waals surface area (Å²) in [6, 6.07) is 3.76. The van der Waals surface area contributed by atoms with E-state index in [1.807, 2.05) is 17.5 Å². The molecule has 0 spiro atoms. The number of rotatable bonds is 0. The Hall–Kier alpha value is -1.51. The van der Waals surface area contributed by atoms with Crippen LogP contribution in [0.1, 0.15) is 11.8 Å². The van der Waals surface area contributed by atoms with Gasteiger partial charge in [-0.3, -0.25) is 4.79 Å². The van der Waals surface area contributed by atoms with Crippen LogP contribution in [0, 0.1) is 23.7 Å². The van der Waals surface area contributed by atoms with Crippen LogP contribution in [0.4, 0.5) is 0 Å². The van der Waals surface area contributed by atoms with Crippen molar-refractivity contribution in [2.75, 3.05) is 0 Å². The zero-order chi connectivity index (χ0) is 8.81. The summed E-state index contributed by atoms with van der Waals surface area (Å²) in [7, 11) is 0. The summed E-state index contributed by atoms with van der Waals surface area (Å²) in [6.07, 6.45) is 0. The van der Waals surface area contributed by atoms with E-state index in [1.165, 1.54) is 11.3 Å². The first kappa shape index (κ1) is 8.59. The van der Waals surface area contributed by atoms with E-state index in [4.69, 9.17) is 0 Å². The fraction of sp³-hybridized carbons (Fsp3) is 0.100. The van der Waals surface area contributed by atoms with Crippen LogP contribution in [0.2, 0.25) is 0 Å². The molecule has 58 valence electrons. The fourth-order valence-electron chi connectivity index (χ4n) is 0.613. The molecule has 12 heavy (non-hydrogen) atoms. The number of ketones is 1. The van der Waals surface area contributed by atoms with Crippen LogP contribution in [-0.4, -0.2) is 5.78 Å². The van der Waals surface area contributed by atoms with Crippen molar-refractivity contribution in [1.29, 1.82) is 0 Å². The molecular weight excluding hydrogens is 168 g/mol. The summed E-state index contributed by atoms with van der Waals surface area (Å²) in [5, 5.41) is 1.92. The molecule has 0 radical (unpaired) electrons. The molecule has 2 heteroatoms. The molecule has 0 N–H and O–H groups in total. The molecule has 0 atom stereocenters. The maximum atomic E-state index is 10.8. The van der Waals surface area contributed by atoms with E-state index >= 15 is 0 Å². The van der Waals surface area contributed by atoms with E-state index in [-0.39, 0.29) is 5.78 Å². The summed E-state index contributed by atoms with van der Waals surface area (Å²) >= 11 is 1.51. The molecule has 1 heterocycles. The lowest BCUT2D eigenvalue weighted by Gasteiger charge is -1.73. The fourth-order valence-corrected chi connectivity index (χ4v) is 1.18. The molecular formula is C10H6OS. The molecule has 0 amide bonds. The number of Topliss-reactive ketones (excluding diaryl/α,β-unsaturated/α-hetero) is 1. The number of carbonyl (C=O) groups is 1. The standard InChI is InChI=1S/C10H6OS/c1-2-4-9(11)6-7-10-5-3-8-12-10/h3,5,8H,1H3. The second-order valence-corrected chi connectivity index (χ2v) is 2.88. The van der Waals surface area contributed by atoms with Gasteiger partial charge in [0.1, 0.15) is 0 Å². The molecule has 0 saturated carbocycles. The van der Waals surface area contributed by atoms with Gasteiger partial charge in [0.2, 0.25) is 0 Å². The quantitative estimate of drug-likeness (QED) is 0.432. The van der Waals surface area contributed by atoms with E-state index in [1.54, 1.807) is 6.92 Å². The zero-order valence-electron chi connectivity index (χ0n) is 6.55. The van der Waals surface area contributed by atoms with Crippen molar-refractivity contribution in [3.8, 4) is 23.7 Å². The van der Waals surface area contributed by atoms with Crippen molar-refractivity contribution >= 4 is 17.1 Å². The highest BCUT2D eigenvalue weighted by Crippen LogP contribution is 2.05. The van der Waals surface area contributed by atoms with E-state index in [2.05, 4.69) is 23.7 Å². The van der Waals surface area contributed by atoms with Crippen LogP contribution in [-0.2, 0) is 4.79 Å². The number of hydrogen-bond donors (Lipinski definition) is 0. The van der Waals surface area contributed by atoms with E-state index in [0.29, 0.717) is 0 Å². The van der Waals surface area contributed by atoms with E-state index in [9.17, 15) is 4.79 Å². The predicted octanol–water partition coefficient (Wildman–Crippen LogP) is 1.69. The summed E-state index contributed by atoms with van der Waals surface area (Å²) in [6.45, 7) is 1.62. The minimum absolute atomic E-state index is 0.328. The first-order valence-corrected chi connectivity index (χ1v) is 4.23. The lowest BCUT2D eigenvalue weighted by molar-refractivity contribution is -0.108. The van der Waals surface area contributed by atoms with E-state index < -0.39 is 0 Å². The lowest BCUT2D eigenvalue weighted by Crippen LogP contribution is -1.85. The summed E-state index contributed by atoms with van der Waals surface area (Å²) < 4.78 is 0. The molecule has 1 nitrogen and oxygen atoms in total. The molecule has 0 aliphatic rings. The Kier molecular flexibility index (Phi) is 3.14. The average molecular weight is 174 g/mol. The van der Waals surface area contributed by atoms with Gasteiger partial charge in [-0.05, 0) is 36.1 Å². The highest BCUT2D eigenvalue weighted by atomic mass is 32.1. The summed E-state index contributed by atoms with van der Waals surface area (Å²) in [4.78, 5) is 11.7. The summed E-state index contributed by atoms with van der Waals surface area (Å²) in [5.41, 5.74) is 0. The Morgan fingerprint density at radius 3 is 2.92 bits per heavy atom. The highest BCUT2D eigenvalue weighted by molar-refractivity contribution is 7.10. The molecule has 1 rings (SSSR count). The molecule has 0 unspecified atom stereocenters. The van der Waals surface area contributed by atoms with Gasteiger partial charge < -0.3 is 0 Å². The maximum absolute atomic E-state index is 10.8. The molecule has 0 aliphatic carbocycles. The smallest absolute Gasteiger partial charge is 0.270 e. The van der Waals surface area contributed by atoms with Gasteiger partial charge in [-0.25, -0.2) is 0 Å². The topological polar surface area (TPSA) is 17.1 Å². The Balaban J connectivity index is 2.71. The van der Waals surface area contributed by atoms with E-state index in [0.717, 1.165) is 4.88 Å². The highest BCUT2D eigenvalue weighted by Gasteiger charge is 1.87. The second kappa shape index (κ2) is 4.38. The van der Waals surface area contributed by atoms with Crippen molar-refractivity contribution in [2.24, 2.45) is 0 Å². The first-order valence-electron chi connectivity index (χ1n) is 3.35. The molecule has 0 fully saturated rings. The Morgan fingerprint density at radius 1 is 1.50 bits per heavy atom. The molecule has 0 bridgehead atoms. The monoisotopic (exact) mass is 174 g/mol. The van der Waals surface area contributed by atoms with Gasteiger partial charge in [0.15, 0.2) is 0 Å². The average Bonchev–Trinajstić information content (AvgIpc) is 2.53. The summed E-state index contributed by atoms with van der Waals surface area (Å²) in [5.74, 6) is 9.68. The molecule has 0 saturated heterocycles. The van der Waals surface area contributed by atoms with Gasteiger partial charge in [0, 0.05) is 0 Å². The van der Waals surface area contributed by atoms with Crippen molar-refractivity contribution in [2.45, 2.75) is 6.92 Å². The second-order valence-electron chi connectivity index (χ2n) is 1.93. The van der Waals surface area contributed by atoms with Gasteiger partial charge in [-0.15, -0.1) is 11.3 Å². The predicted molar refractivity (Wildman–Crippen MR) is 49.7 cm³/mol. The van der Waals surface area contributed by atoms with Crippen LogP contribution in [0.15, 0.2) is 17.5 Å². The number of hydrogen-bond acceptors (Lipinski definition) is 2. The molecule has 1 aromatic rings. The van der Waals surface area contributed by atoms with Crippen molar-refractivity contribution in [3.05, 3.63) is 22.4 Å². The maximum Gasteiger partial charge on any atom is 0.279 e. The van der Waals surface area contributed by atoms with Crippen molar-refractivity contribution < 1.29 is 4.79 Å². The van der Waals surface area contributed by atoms with Gasteiger partial charge >= 0.3 is 0 Å². The van der Waals surface area contributed by atoms with Crippen LogP contribution >= 0.6 is 11.3 Å². The third kappa shape index (κ3) is 2.62.